The van der Waals surface area contributed by atoms with Gasteiger partial charge in [0.25, 0.3) is 5.56 Å². The molecule has 2 N–H and O–H groups in total. The quantitative estimate of drug-likeness (QED) is 0.672. The van der Waals surface area contributed by atoms with Gasteiger partial charge in [0, 0.05) is 43.9 Å². The third-order valence-electron chi connectivity index (χ3n) is 6.60. The van der Waals surface area contributed by atoms with Crippen LogP contribution in [0.15, 0.2) is 23.0 Å². The predicted molar refractivity (Wildman–Crippen MR) is 121 cm³/mol. The molecule has 8 nitrogen and oxygen atoms in total. The summed E-state index contributed by atoms with van der Waals surface area (Å²) >= 11 is 0. The van der Waals surface area contributed by atoms with Crippen molar-refractivity contribution in [2.24, 2.45) is 0 Å². The van der Waals surface area contributed by atoms with E-state index in [-0.39, 0.29) is 5.56 Å². The first-order valence-corrected chi connectivity index (χ1v) is 11.3. The van der Waals surface area contributed by atoms with Crippen LogP contribution in [0.5, 0.6) is 5.75 Å². The number of aromatic amines is 1. The van der Waals surface area contributed by atoms with Crippen LogP contribution in [-0.2, 0) is 0 Å². The first-order chi connectivity index (χ1) is 15.2. The van der Waals surface area contributed by atoms with Crippen LogP contribution >= 0.6 is 0 Å². The summed E-state index contributed by atoms with van der Waals surface area (Å²) in [7, 11) is 1.65. The van der Waals surface area contributed by atoms with E-state index in [9.17, 15) is 4.79 Å². The molecule has 5 rings (SSSR count). The monoisotopic (exact) mass is 422 g/mol. The first kappa shape index (κ1) is 20.1. The second kappa shape index (κ2) is 8.34. The number of aromatic nitrogens is 4. The van der Waals surface area contributed by atoms with E-state index in [2.05, 4.69) is 21.3 Å². The number of hydrogen-bond acceptors (Lipinski definition) is 6. The number of nitrogens with zero attached hydrogens (tertiary/aromatic N) is 4. The number of imidazole rings is 1. The number of hydrogen-bond donors (Lipinski definition) is 2. The highest BCUT2D eigenvalue weighted by molar-refractivity contribution is 5.70. The van der Waals surface area contributed by atoms with Gasteiger partial charge in [-0.1, -0.05) is 19.3 Å². The fourth-order valence-corrected chi connectivity index (χ4v) is 4.95. The van der Waals surface area contributed by atoms with E-state index in [1.807, 2.05) is 19.1 Å². The van der Waals surface area contributed by atoms with E-state index in [1.54, 1.807) is 11.6 Å². The number of nitrogens with one attached hydrogen (secondary N) is 2. The first-order valence-electron chi connectivity index (χ1n) is 11.3. The number of rotatable bonds is 4. The van der Waals surface area contributed by atoms with Crippen LogP contribution in [0, 0.1) is 6.92 Å². The van der Waals surface area contributed by atoms with Gasteiger partial charge < -0.3 is 19.9 Å². The third kappa shape index (κ3) is 3.69. The third-order valence-corrected chi connectivity index (χ3v) is 6.60. The van der Waals surface area contributed by atoms with Crippen LogP contribution in [-0.4, -0.2) is 52.9 Å². The Labute approximate surface area is 181 Å². The molecule has 0 spiro atoms. The van der Waals surface area contributed by atoms with Crippen molar-refractivity contribution < 1.29 is 4.74 Å². The normalized spacial score (nSPS) is 17.9. The lowest BCUT2D eigenvalue weighted by Gasteiger charge is -2.29. The highest BCUT2D eigenvalue weighted by atomic mass is 16.5. The Bertz CT molecular complexity index is 1140. The van der Waals surface area contributed by atoms with Crippen LogP contribution < -0.4 is 20.5 Å². The second-order valence-corrected chi connectivity index (χ2v) is 8.56. The van der Waals surface area contributed by atoms with Gasteiger partial charge in [0.05, 0.1) is 18.4 Å². The zero-order chi connectivity index (χ0) is 21.4. The van der Waals surface area contributed by atoms with Crippen LogP contribution in [0.4, 0.5) is 5.69 Å². The molecule has 2 fully saturated rings. The largest absolute Gasteiger partial charge is 0.496 e. The number of H-pyrrole nitrogens is 1. The minimum absolute atomic E-state index is 0.139. The van der Waals surface area contributed by atoms with Crippen molar-refractivity contribution in [2.45, 2.75) is 44.9 Å². The van der Waals surface area contributed by atoms with Gasteiger partial charge in [-0.05, 0) is 31.9 Å². The van der Waals surface area contributed by atoms with Gasteiger partial charge in [-0.3, -0.25) is 4.79 Å². The van der Waals surface area contributed by atoms with Gasteiger partial charge in [-0.15, -0.1) is 5.10 Å². The predicted octanol–water partition coefficient (Wildman–Crippen LogP) is 2.86. The molecule has 164 valence electrons. The Morgan fingerprint density at radius 2 is 1.90 bits per heavy atom. The Morgan fingerprint density at radius 1 is 1.13 bits per heavy atom. The summed E-state index contributed by atoms with van der Waals surface area (Å²) in [5, 5.41) is 8.14. The molecule has 1 aliphatic heterocycles. The number of fused-ring (bicyclic) bond motifs is 1. The summed E-state index contributed by atoms with van der Waals surface area (Å²) in [5.41, 5.74) is 3.24. The van der Waals surface area contributed by atoms with Gasteiger partial charge in [0.2, 0.25) is 0 Å². The van der Waals surface area contributed by atoms with Crippen LogP contribution in [0.2, 0.25) is 0 Å². The molecule has 0 atom stereocenters. The van der Waals surface area contributed by atoms with Crippen LogP contribution in [0.25, 0.3) is 16.9 Å². The Hall–Kier alpha value is -2.87. The second-order valence-electron chi connectivity index (χ2n) is 8.56. The summed E-state index contributed by atoms with van der Waals surface area (Å²) < 4.78 is 7.39. The van der Waals surface area contributed by atoms with Crippen molar-refractivity contribution in [2.75, 3.05) is 38.2 Å². The van der Waals surface area contributed by atoms with E-state index in [4.69, 9.17) is 14.8 Å². The number of ether oxygens (including phenoxy) is 1. The molecule has 1 aliphatic carbocycles. The zero-order valence-electron chi connectivity index (χ0n) is 18.3. The molecule has 3 aromatic rings. The van der Waals surface area contributed by atoms with Crippen molar-refractivity contribution in [3.05, 3.63) is 40.1 Å². The number of methoxy groups -OCH3 is 1. The smallest absolute Gasteiger partial charge is 0.277 e. The molecule has 1 saturated heterocycles. The van der Waals surface area contributed by atoms with E-state index in [1.165, 1.54) is 19.3 Å². The maximum Gasteiger partial charge on any atom is 0.277 e. The molecule has 8 heteroatoms. The highest BCUT2D eigenvalue weighted by Crippen LogP contribution is 2.35. The molecule has 1 saturated carbocycles. The average molecular weight is 423 g/mol. The lowest BCUT2D eigenvalue weighted by Crippen LogP contribution is -2.43. The SMILES string of the molecule is COc1cc(N2CCNCC2)ccc1-c1nn2c(C)nc(C3CCCCC3)c2c(=O)[nH]1. The van der Waals surface area contributed by atoms with Crippen molar-refractivity contribution in [1.82, 2.24) is 24.9 Å². The average Bonchev–Trinajstić information content (AvgIpc) is 3.16. The van der Waals surface area contributed by atoms with E-state index >= 15 is 0 Å². The number of piperazine rings is 1. The zero-order valence-corrected chi connectivity index (χ0v) is 18.3. The molecule has 2 aromatic heterocycles. The highest BCUT2D eigenvalue weighted by Gasteiger charge is 2.25. The van der Waals surface area contributed by atoms with E-state index < -0.39 is 0 Å². The van der Waals surface area contributed by atoms with Crippen LogP contribution in [0.1, 0.15) is 49.5 Å². The molecule has 0 bridgehead atoms. The maximum absolute atomic E-state index is 13.2. The summed E-state index contributed by atoms with van der Waals surface area (Å²) in [6.45, 7) is 5.78. The lowest BCUT2D eigenvalue weighted by atomic mass is 9.87. The van der Waals surface area contributed by atoms with Crippen molar-refractivity contribution in [3.63, 3.8) is 0 Å². The summed E-state index contributed by atoms with van der Waals surface area (Å²) in [4.78, 5) is 23.2. The number of aryl methyl sites for hydroxylation is 1. The summed E-state index contributed by atoms with van der Waals surface area (Å²) in [6, 6.07) is 6.08. The molecule has 3 heterocycles. The van der Waals surface area contributed by atoms with Gasteiger partial charge in [-0.2, -0.15) is 0 Å². The van der Waals surface area contributed by atoms with E-state index in [0.717, 1.165) is 61.8 Å². The van der Waals surface area contributed by atoms with Gasteiger partial charge in [-0.25, -0.2) is 9.50 Å². The van der Waals surface area contributed by atoms with Gasteiger partial charge in [0.1, 0.15) is 11.6 Å². The summed E-state index contributed by atoms with van der Waals surface area (Å²) in [5.74, 6) is 2.29. The van der Waals surface area contributed by atoms with Crippen LogP contribution in [0.3, 0.4) is 0 Å². The summed E-state index contributed by atoms with van der Waals surface area (Å²) in [6.07, 6.45) is 5.85. The minimum Gasteiger partial charge on any atom is -0.496 e. The minimum atomic E-state index is -0.139. The molecule has 0 amide bonds. The fourth-order valence-electron chi connectivity index (χ4n) is 4.95. The topological polar surface area (TPSA) is 87.5 Å². The van der Waals surface area contributed by atoms with E-state index in [0.29, 0.717) is 23.0 Å². The molecule has 1 aromatic carbocycles. The molecule has 2 aliphatic rings. The molecular weight excluding hydrogens is 392 g/mol. The Balaban J connectivity index is 1.56. The number of anilines is 1. The standard InChI is InChI=1S/C23H30N6O2/c1-15-25-20(16-6-4-3-5-7-16)21-23(30)26-22(27-29(15)21)18-9-8-17(14-19(18)31-2)28-12-10-24-11-13-28/h8-9,14,16,24H,3-7,10-13H2,1-2H3,(H,26,27,30). The van der Waals surface area contributed by atoms with Crippen molar-refractivity contribution in [1.29, 1.82) is 0 Å². The Morgan fingerprint density at radius 3 is 2.65 bits per heavy atom. The van der Waals surface area contributed by atoms with Gasteiger partial charge >= 0.3 is 0 Å². The maximum atomic E-state index is 13.2. The molecular formula is C23H30N6O2. The Kier molecular flexibility index (Phi) is 5.40. The lowest BCUT2D eigenvalue weighted by molar-refractivity contribution is 0.416. The fraction of sp³-hybridized carbons (Fsp3) is 0.522. The van der Waals surface area contributed by atoms with Gasteiger partial charge in [0.15, 0.2) is 11.3 Å². The van der Waals surface area contributed by atoms with Crippen molar-refractivity contribution >= 4 is 11.2 Å². The molecule has 31 heavy (non-hydrogen) atoms. The number of benzene rings is 1. The molecule has 0 unspecified atom stereocenters. The molecule has 0 radical (unpaired) electrons. The van der Waals surface area contributed by atoms with Crippen molar-refractivity contribution in [3.8, 4) is 17.1 Å².